The molecule has 0 radical (unpaired) electrons. The molecule has 138 heavy (non-hydrogen) atoms. The van der Waals surface area contributed by atoms with Crippen molar-refractivity contribution >= 4 is 0 Å². The lowest BCUT2D eigenvalue weighted by molar-refractivity contribution is 0.490. The second kappa shape index (κ2) is 43.2. The van der Waals surface area contributed by atoms with Crippen LogP contribution in [-0.2, 0) is 25.5 Å². The van der Waals surface area contributed by atoms with Crippen molar-refractivity contribution in [3.63, 3.8) is 0 Å². The zero-order valence-corrected chi connectivity index (χ0v) is 79.8. The first-order valence-electron chi connectivity index (χ1n) is 53.6. The van der Waals surface area contributed by atoms with Gasteiger partial charge in [0.25, 0.3) is 0 Å². The van der Waals surface area contributed by atoms with Gasteiger partial charge in [0, 0.05) is 69.1 Å². The molecule has 0 N–H and O–H groups in total. The second-order valence-electron chi connectivity index (χ2n) is 35.9. The standard InChI is InChI=1S/C132H120N6/c1-9-89(10-2)73-93-41-69-127(133-84-93)103-57-45-97(46-58-103)115-29-17-23-35-121(115)109-77-110(122-36-24-18-30-116(122)98-47-59-104(60-48-98)128-70-42-94(85-134-128)74-90(11-3)12-4)80-113(79-109)125-39-27-21-33-119(125)101-53-65-107(66-54-101)131-83-132(138-88-137-131)108-67-55-102(56-68-108)120-34-22-28-40-126(120)114-81-111(123-37-25-19-31-117(123)99-49-61-105(62-50-99)129-71-43-95(86-135-129)75-91(13-5)14-6)78-112(82-114)124-38-26-20-32-118(124)100-51-63-106(64-52-100)130-72-44-96(87-136-130)76-92(15-7)16-8/h17-72,77-92H,9-16,73-76H2,1-8H3/i73D2,74D2,75D2,76D2,88D. The topological polar surface area (TPSA) is 77.3 Å². The molecule has 0 fully saturated rings. The van der Waals surface area contributed by atoms with Crippen LogP contribution in [0.4, 0.5) is 0 Å². The lowest BCUT2D eigenvalue weighted by atomic mass is 9.86. The normalized spacial score (nSPS) is 12.9. The Morgan fingerprint density at radius 3 is 0.471 bits per heavy atom. The van der Waals surface area contributed by atoms with Crippen LogP contribution in [0.1, 0.15) is 141 Å². The molecular formula is C132H120N6. The molecule has 6 nitrogen and oxygen atoms in total. The molecule has 0 amide bonds. The summed E-state index contributed by atoms with van der Waals surface area (Å²) in [6.07, 6.45) is 6.70. The Hall–Kier alpha value is -15.2. The maximum absolute atomic E-state index is 9.20. The van der Waals surface area contributed by atoms with Crippen molar-refractivity contribution in [2.45, 2.75) is 132 Å². The molecule has 6 heteroatoms. The summed E-state index contributed by atoms with van der Waals surface area (Å²) in [4.78, 5) is 28.9. The molecule has 5 heterocycles. The van der Waals surface area contributed by atoms with E-state index in [1.165, 1.54) is 0 Å². The van der Waals surface area contributed by atoms with Crippen LogP contribution >= 0.6 is 0 Å². The van der Waals surface area contributed by atoms with Gasteiger partial charge in [-0.05, 0) is 272 Å². The van der Waals surface area contributed by atoms with Crippen molar-refractivity contribution in [2.75, 3.05) is 0 Å². The first-order valence-corrected chi connectivity index (χ1v) is 49.1. The predicted octanol–water partition coefficient (Wildman–Crippen LogP) is 36.0. The molecular weight excluding hydrogens is 1670 g/mol. The summed E-state index contributed by atoms with van der Waals surface area (Å²) < 4.78 is 81.3. The number of pyridine rings is 4. The molecule has 19 aromatic rings. The summed E-state index contributed by atoms with van der Waals surface area (Å²) in [6, 6.07) is 134. The maximum atomic E-state index is 9.20. The van der Waals surface area contributed by atoms with E-state index in [9.17, 15) is 1.37 Å². The molecule has 0 aliphatic carbocycles. The van der Waals surface area contributed by atoms with Gasteiger partial charge in [0.1, 0.15) is 7.67 Å². The van der Waals surface area contributed by atoms with E-state index in [0.29, 0.717) is 33.6 Å². The molecule has 678 valence electrons. The predicted molar refractivity (Wildman–Crippen MR) is 582 cm³/mol. The van der Waals surface area contributed by atoms with Gasteiger partial charge in [0.05, 0.1) is 34.2 Å². The number of hydrogen-bond acceptors (Lipinski definition) is 6. The van der Waals surface area contributed by atoms with Gasteiger partial charge in [-0.3, -0.25) is 19.9 Å². The molecule has 5 aromatic heterocycles. The minimum atomic E-state index is -1.49. The van der Waals surface area contributed by atoms with Gasteiger partial charge in [-0.1, -0.05) is 422 Å². The summed E-state index contributed by atoms with van der Waals surface area (Å²) in [7, 11) is 0. The lowest BCUT2D eigenvalue weighted by Crippen LogP contribution is -2.02. The van der Waals surface area contributed by atoms with Crippen LogP contribution in [0.15, 0.2) is 413 Å². The highest BCUT2D eigenvalue weighted by Crippen LogP contribution is 2.47. The fourth-order valence-electron chi connectivity index (χ4n) is 19.2. The zero-order chi connectivity index (χ0) is 102. The van der Waals surface area contributed by atoms with Crippen molar-refractivity contribution in [3.05, 3.63) is 436 Å². The summed E-state index contributed by atoms with van der Waals surface area (Å²) in [6.45, 7) is 16.4. The van der Waals surface area contributed by atoms with E-state index < -0.39 is 25.5 Å². The van der Waals surface area contributed by atoms with Crippen molar-refractivity contribution in [2.24, 2.45) is 23.7 Å². The van der Waals surface area contributed by atoms with Crippen LogP contribution in [0.3, 0.4) is 0 Å². The molecule has 0 aliphatic heterocycles. The van der Waals surface area contributed by atoms with Crippen LogP contribution in [0.2, 0.25) is 0 Å². The van der Waals surface area contributed by atoms with E-state index in [2.05, 4.69) is 328 Å². The summed E-state index contributed by atoms with van der Waals surface area (Å²) >= 11 is 0. The first-order chi connectivity index (χ1) is 71.4. The average Bonchev–Trinajstić information content (AvgIpc) is 0.764. The molecule has 14 aromatic carbocycles. The Balaban J connectivity index is 0.640. The van der Waals surface area contributed by atoms with Gasteiger partial charge >= 0.3 is 0 Å². The van der Waals surface area contributed by atoms with Gasteiger partial charge in [0.15, 0.2) is 0 Å². The van der Waals surface area contributed by atoms with E-state index in [4.69, 9.17) is 40.9 Å². The third-order valence-electron chi connectivity index (χ3n) is 27.3. The number of nitrogens with zero attached hydrogens (tertiary/aromatic N) is 6. The Kier molecular flexibility index (Phi) is 25.4. The van der Waals surface area contributed by atoms with E-state index >= 15 is 0 Å². The molecule has 0 aliphatic rings. The Morgan fingerprint density at radius 2 is 0.319 bits per heavy atom. The summed E-state index contributed by atoms with van der Waals surface area (Å²) in [5, 5.41) is 0. The summed E-state index contributed by atoms with van der Waals surface area (Å²) in [5.41, 5.74) is 37.0. The fourth-order valence-corrected chi connectivity index (χ4v) is 19.2. The largest absolute Gasteiger partial charge is 0.256 e. The average molecular weight is 1800 g/mol. The van der Waals surface area contributed by atoms with Crippen molar-refractivity contribution in [1.82, 2.24) is 29.9 Å². The number of aromatic nitrogens is 6. The monoisotopic (exact) mass is 1800 g/mol. The van der Waals surface area contributed by atoms with E-state index in [1.54, 1.807) is 24.8 Å². The Bertz CT molecular complexity index is 7030. The SMILES string of the molecule is [2H]c1nc(-c2ccc(-c3ccccc3-c3cc(-c4ccccc4-c4ccc(-c5ccc(C([2H])([2H])C(CC)CC)cn5)cc4)cc(-c4ccccc4-c4ccc(-c5ccc(C([2H])([2H])C(CC)CC)cn5)cc4)c3)cc2)cc(-c2ccc(-c3ccccc3-c3cc(-c4ccccc4-c4ccc(-c5ccc(C([2H])([2H])C(CC)CC)cn5)cc4)cc(-c4ccccc4-c4ccc(-c5ccc(C([2H])([2H])C(CC)CC)cn5)cc4)c3)cc2)n1. The molecule has 0 spiro atoms. The minimum Gasteiger partial charge on any atom is -0.256 e. The zero-order valence-electron chi connectivity index (χ0n) is 88.8. The highest BCUT2D eigenvalue weighted by molar-refractivity contribution is 5.98. The smallest absolute Gasteiger partial charge is 0.116 e. The molecule has 0 unspecified atom stereocenters. The van der Waals surface area contributed by atoms with E-state index in [1.807, 2.05) is 110 Å². The van der Waals surface area contributed by atoms with E-state index in [-0.39, 0.29) is 30.0 Å². The van der Waals surface area contributed by atoms with Crippen LogP contribution in [0, 0.1) is 23.7 Å². The van der Waals surface area contributed by atoms with E-state index in [0.717, 1.165) is 241 Å². The second-order valence-corrected chi connectivity index (χ2v) is 35.9. The molecule has 0 bridgehead atoms. The highest BCUT2D eigenvalue weighted by atomic mass is 14.8. The van der Waals surface area contributed by atoms with Crippen LogP contribution in [0.5, 0.6) is 0 Å². The molecule has 0 saturated carbocycles. The van der Waals surface area contributed by atoms with Crippen molar-refractivity contribution in [1.29, 1.82) is 0 Å². The van der Waals surface area contributed by atoms with Crippen LogP contribution in [-0.4, -0.2) is 29.9 Å². The van der Waals surface area contributed by atoms with Gasteiger partial charge < -0.3 is 0 Å². The number of rotatable bonds is 34. The lowest BCUT2D eigenvalue weighted by Gasteiger charge is -2.18. The minimum absolute atomic E-state index is 0.0954. The van der Waals surface area contributed by atoms with Gasteiger partial charge in [0.2, 0.25) is 0 Å². The van der Waals surface area contributed by atoms with Crippen LogP contribution in [0.25, 0.3) is 201 Å². The molecule has 0 saturated heterocycles. The first kappa shape index (κ1) is 81.1. The number of hydrogen-bond donors (Lipinski definition) is 0. The molecule has 0 atom stereocenters. The maximum Gasteiger partial charge on any atom is 0.116 e. The quantitative estimate of drug-likeness (QED) is 0.0400. The third-order valence-corrected chi connectivity index (χ3v) is 27.3. The van der Waals surface area contributed by atoms with Crippen LogP contribution < -0.4 is 0 Å². The molecule has 19 rings (SSSR count). The highest BCUT2D eigenvalue weighted by Gasteiger charge is 2.23. The van der Waals surface area contributed by atoms with Gasteiger partial charge in [-0.25, -0.2) is 9.97 Å². The van der Waals surface area contributed by atoms with Gasteiger partial charge in [-0.2, -0.15) is 0 Å². The number of benzene rings is 14. The Morgan fingerprint density at radius 1 is 0.167 bits per heavy atom. The fraction of sp³-hybridized carbons (Fsp3) is 0.182. The van der Waals surface area contributed by atoms with Crippen molar-refractivity contribution < 1.29 is 12.3 Å². The Labute approximate surface area is 829 Å². The third kappa shape index (κ3) is 20.8. The summed E-state index contributed by atoms with van der Waals surface area (Å²) in [5.74, 6) is -0.426. The van der Waals surface area contributed by atoms with Gasteiger partial charge in [-0.15, -0.1) is 0 Å². The van der Waals surface area contributed by atoms with Crippen molar-refractivity contribution in [3.8, 4) is 201 Å².